The van der Waals surface area contributed by atoms with Crippen molar-refractivity contribution in [3.8, 4) is 0 Å². The summed E-state index contributed by atoms with van der Waals surface area (Å²) in [6.45, 7) is 4.57. The molecule has 1 aliphatic heterocycles. The van der Waals surface area contributed by atoms with Crippen molar-refractivity contribution < 1.29 is 22.7 Å². The highest BCUT2D eigenvalue weighted by atomic mass is 19.4. The number of carbonyl (C=O) groups excluding carboxylic acids is 1. The number of rotatable bonds is 6. The number of hydrogen-bond acceptors (Lipinski definition) is 4. The van der Waals surface area contributed by atoms with Gasteiger partial charge in [-0.2, -0.15) is 18.3 Å². The van der Waals surface area contributed by atoms with Crippen molar-refractivity contribution >= 4 is 16.9 Å². The van der Waals surface area contributed by atoms with E-state index in [2.05, 4.69) is 10.4 Å². The molecule has 0 bridgehead atoms. The second kappa shape index (κ2) is 7.94. The summed E-state index contributed by atoms with van der Waals surface area (Å²) >= 11 is 0. The minimum absolute atomic E-state index is 0.00816. The Morgan fingerprint density at radius 3 is 2.79 bits per heavy atom. The van der Waals surface area contributed by atoms with Crippen molar-refractivity contribution in [2.45, 2.75) is 58.0 Å². The molecule has 0 aliphatic carbocycles. The zero-order valence-corrected chi connectivity index (χ0v) is 15.8. The molecule has 2 aromatic heterocycles. The molecule has 3 rings (SSSR count). The van der Waals surface area contributed by atoms with Gasteiger partial charge in [0.15, 0.2) is 5.65 Å². The van der Waals surface area contributed by atoms with Gasteiger partial charge in [0.1, 0.15) is 0 Å². The molecule has 10 heteroatoms. The van der Waals surface area contributed by atoms with Crippen LogP contribution in [-0.2, 0) is 22.3 Å². The molecule has 1 unspecified atom stereocenters. The summed E-state index contributed by atoms with van der Waals surface area (Å²) < 4.78 is 47.9. The summed E-state index contributed by atoms with van der Waals surface area (Å²) in [5.74, 6) is -0.293. The molecule has 7 nitrogen and oxygen atoms in total. The molecule has 0 radical (unpaired) electrons. The Hall–Kier alpha value is -2.36. The van der Waals surface area contributed by atoms with E-state index in [1.165, 1.54) is 10.9 Å². The van der Waals surface area contributed by atoms with Gasteiger partial charge >= 0.3 is 6.18 Å². The van der Waals surface area contributed by atoms with Gasteiger partial charge in [-0.3, -0.25) is 18.8 Å². The molecule has 1 aliphatic rings. The summed E-state index contributed by atoms with van der Waals surface area (Å²) in [4.78, 5) is 24.4. The number of fused-ring (bicyclic) bond motifs is 1. The third kappa shape index (κ3) is 4.37. The predicted octanol–water partition coefficient (Wildman–Crippen LogP) is 2.48. The van der Waals surface area contributed by atoms with Gasteiger partial charge in [0.25, 0.3) is 5.56 Å². The number of nitrogens with zero attached hydrogens (tertiary/aromatic N) is 3. The van der Waals surface area contributed by atoms with E-state index in [-0.39, 0.29) is 42.1 Å². The fraction of sp³-hybridized carbons (Fsp3) is 0.611. The van der Waals surface area contributed by atoms with Crippen LogP contribution in [0, 0.1) is 0 Å². The second-order valence-corrected chi connectivity index (χ2v) is 7.17. The Labute approximate surface area is 159 Å². The maximum Gasteiger partial charge on any atom is 0.417 e. The van der Waals surface area contributed by atoms with Crippen LogP contribution in [0.5, 0.6) is 0 Å². The summed E-state index contributed by atoms with van der Waals surface area (Å²) in [5, 5.41) is 6.75. The standard InChI is InChI=1S/C18H23F3N4O3/c1-11(2)25-10-13-14(18(19,20)21)8-16(27)24(17(13)23-25)6-5-15(26)22-9-12-4-3-7-28-12/h8,10-12H,3-7,9H2,1-2H3,(H,22,26). The minimum atomic E-state index is -4.67. The molecule has 3 heterocycles. The van der Waals surface area contributed by atoms with Crippen molar-refractivity contribution in [3.05, 3.63) is 28.2 Å². The molecular weight excluding hydrogens is 377 g/mol. The number of alkyl halides is 3. The molecule has 28 heavy (non-hydrogen) atoms. The van der Waals surface area contributed by atoms with Crippen molar-refractivity contribution in [2.75, 3.05) is 13.2 Å². The van der Waals surface area contributed by atoms with Crippen LogP contribution >= 0.6 is 0 Å². The highest BCUT2D eigenvalue weighted by Gasteiger charge is 2.35. The van der Waals surface area contributed by atoms with Crippen LogP contribution in [0.1, 0.15) is 44.7 Å². The fourth-order valence-corrected chi connectivity index (χ4v) is 3.20. The van der Waals surface area contributed by atoms with Crippen LogP contribution in [-0.4, -0.2) is 39.5 Å². The van der Waals surface area contributed by atoms with Gasteiger partial charge in [-0.25, -0.2) is 0 Å². The molecule has 2 aromatic rings. The van der Waals surface area contributed by atoms with Gasteiger partial charge in [-0.15, -0.1) is 0 Å². The van der Waals surface area contributed by atoms with E-state index in [1.807, 2.05) is 0 Å². The van der Waals surface area contributed by atoms with E-state index in [0.29, 0.717) is 19.2 Å². The maximum absolute atomic E-state index is 13.3. The lowest BCUT2D eigenvalue weighted by molar-refractivity contribution is -0.136. The zero-order chi connectivity index (χ0) is 20.5. The lowest BCUT2D eigenvalue weighted by Gasteiger charge is -2.13. The van der Waals surface area contributed by atoms with E-state index < -0.39 is 17.3 Å². The summed E-state index contributed by atoms with van der Waals surface area (Å²) in [6.07, 6.45) is -1.59. The number of hydrogen-bond donors (Lipinski definition) is 1. The number of aryl methyl sites for hydroxylation is 1. The first kappa shape index (κ1) is 20.4. The highest BCUT2D eigenvalue weighted by molar-refractivity contribution is 5.80. The topological polar surface area (TPSA) is 78.2 Å². The Morgan fingerprint density at radius 2 is 2.18 bits per heavy atom. The summed E-state index contributed by atoms with van der Waals surface area (Å²) in [7, 11) is 0. The second-order valence-electron chi connectivity index (χ2n) is 7.17. The minimum Gasteiger partial charge on any atom is -0.376 e. The van der Waals surface area contributed by atoms with Crippen LogP contribution in [0.2, 0.25) is 0 Å². The number of halogens is 3. The van der Waals surface area contributed by atoms with Gasteiger partial charge in [-0.1, -0.05) is 0 Å². The molecule has 154 valence electrons. The van der Waals surface area contributed by atoms with Crippen LogP contribution in [0.25, 0.3) is 11.0 Å². The predicted molar refractivity (Wildman–Crippen MR) is 96.0 cm³/mol. The average molecular weight is 400 g/mol. The van der Waals surface area contributed by atoms with Crippen LogP contribution in [0.4, 0.5) is 13.2 Å². The van der Waals surface area contributed by atoms with Crippen LogP contribution in [0.15, 0.2) is 17.1 Å². The Balaban J connectivity index is 1.83. The molecule has 1 saturated heterocycles. The highest BCUT2D eigenvalue weighted by Crippen LogP contribution is 2.33. The first-order chi connectivity index (χ1) is 13.2. The van der Waals surface area contributed by atoms with Crippen molar-refractivity contribution in [1.29, 1.82) is 0 Å². The van der Waals surface area contributed by atoms with Gasteiger partial charge in [-0.05, 0) is 26.7 Å². The van der Waals surface area contributed by atoms with E-state index in [0.717, 1.165) is 17.4 Å². The third-order valence-electron chi connectivity index (χ3n) is 4.74. The molecule has 1 amide bonds. The molecule has 0 aromatic carbocycles. The first-order valence-electron chi connectivity index (χ1n) is 9.25. The average Bonchev–Trinajstić information content (AvgIpc) is 3.27. The molecular formula is C18H23F3N4O3. The van der Waals surface area contributed by atoms with Gasteiger partial charge in [0.2, 0.25) is 5.91 Å². The molecule has 0 spiro atoms. The first-order valence-corrected chi connectivity index (χ1v) is 9.25. The van der Waals surface area contributed by atoms with E-state index in [4.69, 9.17) is 4.74 Å². The van der Waals surface area contributed by atoms with E-state index >= 15 is 0 Å². The van der Waals surface area contributed by atoms with Crippen LogP contribution < -0.4 is 10.9 Å². The molecule has 1 N–H and O–H groups in total. The number of ether oxygens (including phenoxy) is 1. The van der Waals surface area contributed by atoms with Crippen LogP contribution in [0.3, 0.4) is 0 Å². The Kier molecular flexibility index (Phi) is 5.78. The number of pyridine rings is 1. The monoisotopic (exact) mass is 400 g/mol. The molecule has 1 atom stereocenters. The summed E-state index contributed by atoms with van der Waals surface area (Å²) in [6, 6.07) is 0.394. The normalized spacial score (nSPS) is 17.6. The molecule has 1 fully saturated rings. The van der Waals surface area contributed by atoms with E-state index in [9.17, 15) is 22.8 Å². The number of amides is 1. The maximum atomic E-state index is 13.3. The third-order valence-corrected chi connectivity index (χ3v) is 4.74. The SMILES string of the molecule is CC(C)n1cc2c(C(F)(F)F)cc(=O)n(CCC(=O)NCC3CCCO3)c2n1. The summed E-state index contributed by atoms with van der Waals surface area (Å²) in [5.41, 5.74) is -1.92. The lowest BCUT2D eigenvalue weighted by atomic mass is 10.2. The lowest BCUT2D eigenvalue weighted by Crippen LogP contribution is -2.33. The van der Waals surface area contributed by atoms with Crippen molar-refractivity contribution in [2.24, 2.45) is 0 Å². The van der Waals surface area contributed by atoms with Crippen molar-refractivity contribution in [1.82, 2.24) is 19.7 Å². The van der Waals surface area contributed by atoms with Gasteiger partial charge in [0, 0.05) is 49.8 Å². The Morgan fingerprint density at radius 1 is 1.43 bits per heavy atom. The van der Waals surface area contributed by atoms with Gasteiger partial charge < -0.3 is 10.1 Å². The quantitative estimate of drug-likeness (QED) is 0.808. The Bertz CT molecular complexity index is 911. The van der Waals surface area contributed by atoms with E-state index in [1.54, 1.807) is 13.8 Å². The number of carbonyl (C=O) groups is 1. The smallest absolute Gasteiger partial charge is 0.376 e. The van der Waals surface area contributed by atoms with Crippen molar-refractivity contribution in [3.63, 3.8) is 0 Å². The number of aromatic nitrogens is 3. The van der Waals surface area contributed by atoms with Gasteiger partial charge in [0.05, 0.1) is 11.7 Å². The molecule has 0 saturated carbocycles. The largest absolute Gasteiger partial charge is 0.417 e. The number of nitrogens with one attached hydrogen (secondary N) is 1. The fourth-order valence-electron chi connectivity index (χ4n) is 3.20. The zero-order valence-electron chi connectivity index (χ0n) is 15.8.